The van der Waals surface area contributed by atoms with E-state index in [0.29, 0.717) is 10.6 Å². The zero-order valence-electron chi connectivity index (χ0n) is 9.02. The smallest absolute Gasteiger partial charge is 0.305 e. The minimum absolute atomic E-state index is 0.161. The summed E-state index contributed by atoms with van der Waals surface area (Å²) >= 11 is 1.30. The number of carbonyl (C=O) groups is 2. The summed E-state index contributed by atoms with van der Waals surface area (Å²) < 4.78 is 5.11. The highest BCUT2D eigenvalue weighted by Crippen LogP contribution is 2.08. The summed E-state index contributed by atoms with van der Waals surface area (Å²) in [6.45, 7) is 1.74. The van der Waals surface area contributed by atoms with Crippen molar-refractivity contribution in [3.8, 4) is 0 Å². The molecule has 0 saturated heterocycles. The fourth-order valence-electron chi connectivity index (χ4n) is 1.20. The fraction of sp³-hybridized carbons (Fsp3) is 0.0909. The van der Waals surface area contributed by atoms with Gasteiger partial charge in [0, 0.05) is 0 Å². The van der Waals surface area contributed by atoms with E-state index in [0.717, 1.165) is 0 Å². The van der Waals surface area contributed by atoms with Gasteiger partial charge in [-0.2, -0.15) is 0 Å². The van der Waals surface area contributed by atoms with Crippen molar-refractivity contribution in [1.82, 2.24) is 10.9 Å². The third-order valence-electron chi connectivity index (χ3n) is 2.00. The Morgan fingerprint density at radius 3 is 2.53 bits per heavy atom. The van der Waals surface area contributed by atoms with Crippen LogP contribution in [0.1, 0.15) is 26.0 Å². The highest BCUT2D eigenvalue weighted by atomic mass is 32.1. The number of carbonyl (C=O) groups excluding carboxylic acids is 2. The van der Waals surface area contributed by atoms with Gasteiger partial charge in [-0.25, -0.2) is 0 Å². The molecule has 0 radical (unpaired) electrons. The third kappa shape index (κ3) is 2.73. The molecule has 0 fully saturated rings. The Hall–Kier alpha value is -2.08. The second kappa shape index (κ2) is 4.84. The molecule has 2 N–H and O–H groups in total. The number of aryl methyl sites for hydroxylation is 1. The SMILES string of the molecule is Cc1ccc(C(=O)NNC(=O)c2cccs2)o1. The summed E-state index contributed by atoms with van der Waals surface area (Å²) in [4.78, 5) is 23.5. The number of nitrogens with one attached hydrogen (secondary N) is 2. The molecular formula is C11H10N2O3S. The van der Waals surface area contributed by atoms with E-state index in [1.807, 2.05) is 0 Å². The van der Waals surface area contributed by atoms with Gasteiger partial charge in [-0.3, -0.25) is 20.4 Å². The summed E-state index contributed by atoms with van der Waals surface area (Å²) in [5.74, 6) is -0.0339. The molecule has 0 bridgehead atoms. The van der Waals surface area contributed by atoms with Gasteiger partial charge >= 0.3 is 5.91 Å². The summed E-state index contributed by atoms with van der Waals surface area (Å²) in [6, 6.07) is 6.65. The molecule has 5 nitrogen and oxygen atoms in total. The molecule has 0 atom stereocenters. The molecule has 0 aliphatic heterocycles. The van der Waals surface area contributed by atoms with Crippen molar-refractivity contribution in [1.29, 1.82) is 0 Å². The lowest BCUT2D eigenvalue weighted by molar-refractivity contribution is 0.0832. The molecule has 2 rings (SSSR count). The van der Waals surface area contributed by atoms with Crippen LogP contribution in [-0.4, -0.2) is 11.8 Å². The molecule has 2 aromatic rings. The minimum atomic E-state index is -0.483. The second-order valence-electron chi connectivity index (χ2n) is 3.30. The lowest BCUT2D eigenvalue weighted by atomic mass is 10.4. The van der Waals surface area contributed by atoms with Gasteiger partial charge in [0.1, 0.15) is 5.76 Å². The van der Waals surface area contributed by atoms with Gasteiger partial charge in [-0.15, -0.1) is 11.3 Å². The molecule has 2 amide bonds. The predicted octanol–water partition coefficient (Wildman–Crippen LogP) is 1.72. The normalized spacial score (nSPS) is 9.94. The maximum atomic E-state index is 11.5. The Labute approximate surface area is 101 Å². The second-order valence-corrected chi connectivity index (χ2v) is 4.24. The van der Waals surface area contributed by atoms with E-state index < -0.39 is 5.91 Å². The van der Waals surface area contributed by atoms with Crippen LogP contribution in [0.4, 0.5) is 0 Å². The lowest BCUT2D eigenvalue weighted by Crippen LogP contribution is -2.41. The van der Waals surface area contributed by atoms with Crippen LogP contribution in [0.15, 0.2) is 34.1 Å². The van der Waals surface area contributed by atoms with Crippen LogP contribution in [0.2, 0.25) is 0 Å². The topological polar surface area (TPSA) is 71.3 Å². The quantitative estimate of drug-likeness (QED) is 0.797. The third-order valence-corrected chi connectivity index (χ3v) is 2.87. The molecule has 2 heterocycles. The van der Waals surface area contributed by atoms with Crippen LogP contribution in [0.5, 0.6) is 0 Å². The van der Waals surface area contributed by atoms with Crippen molar-refractivity contribution in [2.24, 2.45) is 0 Å². The monoisotopic (exact) mass is 250 g/mol. The Morgan fingerprint density at radius 2 is 1.94 bits per heavy atom. The van der Waals surface area contributed by atoms with E-state index in [-0.39, 0.29) is 11.7 Å². The van der Waals surface area contributed by atoms with Gasteiger partial charge in [0.05, 0.1) is 4.88 Å². The van der Waals surface area contributed by atoms with Gasteiger partial charge in [0.15, 0.2) is 5.76 Å². The summed E-state index contributed by atoms with van der Waals surface area (Å²) in [7, 11) is 0. The average Bonchev–Trinajstić information content (AvgIpc) is 2.95. The summed E-state index contributed by atoms with van der Waals surface area (Å²) in [6.07, 6.45) is 0. The van der Waals surface area contributed by atoms with E-state index in [2.05, 4.69) is 10.9 Å². The van der Waals surface area contributed by atoms with Crippen molar-refractivity contribution in [3.05, 3.63) is 46.0 Å². The van der Waals surface area contributed by atoms with Crippen LogP contribution in [0.3, 0.4) is 0 Å². The number of hydrazine groups is 1. The van der Waals surface area contributed by atoms with Crippen LogP contribution in [0, 0.1) is 6.92 Å². The molecule has 2 aromatic heterocycles. The maximum absolute atomic E-state index is 11.5. The number of hydrogen-bond acceptors (Lipinski definition) is 4. The first-order chi connectivity index (χ1) is 8.16. The first kappa shape index (κ1) is 11.4. The molecule has 88 valence electrons. The Morgan fingerprint density at radius 1 is 1.18 bits per heavy atom. The molecule has 0 unspecified atom stereocenters. The predicted molar refractivity (Wildman–Crippen MR) is 62.7 cm³/mol. The van der Waals surface area contributed by atoms with Crippen LogP contribution < -0.4 is 10.9 Å². The minimum Gasteiger partial charge on any atom is -0.456 e. The molecular weight excluding hydrogens is 240 g/mol. The molecule has 0 saturated carbocycles. The average molecular weight is 250 g/mol. The van der Waals surface area contributed by atoms with E-state index in [1.165, 1.54) is 11.3 Å². The van der Waals surface area contributed by atoms with Crippen molar-refractivity contribution >= 4 is 23.2 Å². The molecule has 6 heteroatoms. The van der Waals surface area contributed by atoms with E-state index in [9.17, 15) is 9.59 Å². The van der Waals surface area contributed by atoms with Gasteiger partial charge in [-0.05, 0) is 30.5 Å². The molecule has 17 heavy (non-hydrogen) atoms. The number of amides is 2. The van der Waals surface area contributed by atoms with E-state index in [1.54, 1.807) is 36.6 Å². The first-order valence-electron chi connectivity index (χ1n) is 4.87. The number of hydrogen-bond donors (Lipinski definition) is 2. The standard InChI is InChI=1S/C11H10N2O3S/c1-7-4-5-8(16-7)10(14)12-13-11(15)9-3-2-6-17-9/h2-6H,1H3,(H,12,14)(H,13,15). The molecule has 0 aromatic carbocycles. The highest BCUT2D eigenvalue weighted by Gasteiger charge is 2.12. The maximum Gasteiger partial charge on any atom is 0.305 e. The zero-order chi connectivity index (χ0) is 12.3. The van der Waals surface area contributed by atoms with Gasteiger partial charge in [0.2, 0.25) is 0 Å². The summed E-state index contributed by atoms with van der Waals surface area (Å²) in [5, 5.41) is 1.78. The highest BCUT2D eigenvalue weighted by molar-refractivity contribution is 7.12. The molecule has 0 spiro atoms. The van der Waals surface area contributed by atoms with Crippen LogP contribution >= 0.6 is 11.3 Å². The molecule has 0 aliphatic rings. The van der Waals surface area contributed by atoms with Crippen molar-refractivity contribution in [3.63, 3.8) is 0 Å². The van der Waals surface area contributed by atoms with Crippen LogP contribution in [0.25, 0.3) is 0 Å². The number of rotatable bonds is 2. The molecule has 0 aliphatic carbocycles. The van der Waals surface area contributed by atoms with Gasteiger partial charge < -0.3 is 4.42 Å². The Kier molecular flexibility index (Phi) is 3.24. The van der Waals surface area contributed by atoms with Crippen molar-refractivity contribution in [2.75, 3.05) is 0 Å². The van der Waals surface area contributed by atoms with Gasteiger partial charge in [-0.1, -0.05) is 6.07 Å². The largest absolute Gasteiger partial charge is 0.456 e. The van der Waals surface area contributed by atoms with E-state index in [4.69, 9.17) is 4.42 Å². The Bertz CT molecular complexity index is 531. The van der Waals surface area contributed by atoms with Crippen molar-refractivity contribution in [2.45, 2.75) is 6.92 Å². The number of furan rings is 1. The lowest BCUT2D eigenvalue weighted by Gasteiger charge is -2.03. The first-order valence-corrected chi connectivity index (χ1v) is 5.75. The fourth-order valence-corrected chi connectivity index (χ4v) is 1.82. The summed E-state index contributed by atoms with van der Waals surface area (Å²) in [5.41, 5.74) is 4.58. The van der Waals surface area contributed by atoms with E-state index >= 15 is 0 Å². The Balaban J connectivity index is 1.91. The number of thiophene rings is 1. The van der Waals surface area contributed by atoms with Crippen LogP contribution in [-0.2, 0) is 0 Å². The van der Waals surface area contributed by atoms with Gasteiger partial charge in [0.25, 0.3) is 5.91 Å². The zero-order valence-corrected chi connectivity index (χ0v) is 9.84. The van der Waals surface area contributed by atoms with Crippen molar-refractivity contribution < 1.29 is 14.0 Å².